The lowest BCUT2D eigenvalue weighted by Gasteiger charge is -2.37. The van der Waals surface area contributed by atoms with E-state index in [0.717, 1.165) is 16.4 Å². The number of rotatable bonds is 5. The third-order valence-electron chi connectivity index (χ3n) is 5.54. The van der Waals surface area contributed by atoms with Crippen molar-refractivity contribution in [3.63, 3.8) is 0 Å². The van der Waals surface area contributed by atoms with E-state index >= 15 is 0 Å². The molecule has 0 spiro atoms. The van der Waals surface area contributed by atoms with Gasteiger partial charge in [0, 0.05) is 24.4 Å². The first-order valence-electron chi connectivity index (χ1n) is 10.1. The minimum absolute atomic E-state index is 0.0288. The highest BCUT2D eigenvalue weighted by Crippen LogP contribution is 2.46. The van der Waals surface area contributed by atoms with Crippen LogP contribution in [0.4, 0.5) is 0 Å². The van der Waals surface area contributed by atoms with Crippen LogP contribution < -0.4 is 4.74 Å². The Morgan fingerprint density at radius 2 is 1.97 bits per heavy atom. The number of benzene rings is 1. The highest BCUT2D eigenvalue weighted by molar-refractivity contribution is 8.16. The van der Waals surface area contributed by atoms with Crippen LogP contribution in [-0.2, 0) is 19.1 Å². The molecule has 1 atom stereocenters. The van der Waals surface area contributed by atoms with E-state index in [9.17, 15) is 9.59 Å². The van der Waals surface area contributed by atoms with Gasteiger partial charge in [-0.05, 0) is 18.4 Å². The molecule has 1 amide bonds. The number of carbonyl (C=O) groups excluding carboxylic acids is 2. The van der Waals surface area contributed by atoms with Gasteiger partial charge < -0.3 is 24.0 Å². The van der Waals surface area contributed by atoms with Crippen LogP contribution in [0.2, 0.25) is 0 Å². The molecule has 4 rings (SSSR count). The van der Waals surface area contributed by atoms with Gasteiger partial charge in [0.05, 0.1) is 51.2 Å². The molecule has 1 aromatic rings. The van der Waals surface area contributed by atoms with Gasteiger partial charge in [-0.1, -0.05) is 30.0 Å². The van der Waals surface area contributed by atoms with Crippen LogP contribution in [0, 0.1) is 0 Å². The smallest absolute Gasteiger partial charge is 0.338 e. The minimum atomic E-state index is -0.505. The van der Waals surface area contributed by atoms with E-state index < -0.39 is 12.0 Å². The Hall–Kier alpha value is -2.78. The molecule has 0 saturated carbocycles. The van der Waals surface area contributed by atoms with E-state index in [2.05, 4.69) is 4.99 Å². The predicted molar refractivity (Wildman–Crippen MR) is 117 cm³/mol. The second-order valence-corrected chi connectivity index (χ2v) is 8.13. The number of nitrogens with zero attached hydrogens (tertiary/aromatic N) is 3. The maximum absolute atomic E-state index is 13.0. The Morgan fingerprint density at radius 1 is 1.23 bits per heavy atom. The molecule has 0 bridgehead atoms. The summed E-state index contributed by atoms with van der Waals surface area (Å²) in [5.41, 5.74) is 2.63. The van der Waals surface area contributed by atoms with Gasteiger partial charge >= 0.3 is 5.97 Å². The maximum Gasteiger partial charge on any atom is 0.338 e. The summed E-state index contributed by atoms with van der Waals surface area (Å²) in [7, 11) is 2.96. The maximum atomic E-state index is 13.0. The zero-order chi connectivity index (χ0) is 22.0. The van der Waals surface area contributed by atoms with E-state index in [1.807, 2.05) is 39.5 Å². The van der Waals surface area contributed by atoms with Gasteiger partial charge in [-0.2, -0.15) is 0 Å². The lowest BCUT2D eigenvalue weighted by atomic mass is 9.93. The van der Waals surface area contributed by atoms with Gasteiger partial charge in [0.25, 0.3) is 0 Å². The van der Waals surface area contributed by atoms with Crippen molar-refractivity contribution >= 4 is 28.8 Å². The summed E-state index contributed by atoms with van der Waals surface area (Å²) in [4.78, 5) is 34.2. The van der Waals surface area contributed by atoms with Crippen LogP contribution in [0.25, 0.3) is 0 Å². The molecule has 3 aliphatic heterocycles. The number of ether oxygens (including phenoxy) is 3. The number of morpholine rings is 1. The summed E-state index contributed by atoms with van der Waals surface area (Å²) in [5.74, 6) is 0.228. The molecule has 31 heavy (non-hydrogen) atoms. The lowest BCUT2D eigenvalue weighted by Crippen LogP contribution is -2.42. The first-order valence-corrected chi connectivity index (χ1v) is 10.9. The summed E-state index contributed by atoms with van der Waals surface area (Å²) in [6, 6.07) is 7.06. The molecule has 0 aromatic heterocycles. The average molecular weight is 444 g/mol. The summed E-state index contributed by atoms with van der Waals surface area (Å²) >= 11 is 1.45. The number of thioether (sulfide) groups is 1. The zero-order valence-corrected chi connectivity index (χ0v) is 18.6. The molecule has 1 fully saturated rings. The van der Waals surface area contributed by atoms with E-state index in [4.69, 9.17) is 14.2 Å². The number of hydrogen-bond donors (Lipinski definition) is 0. The fraction of sp³-hybridized carbons (Fsp3) is 0.409. The zero-order valence-electron chi connectivity index (χ0n) is 17.8. The number of para-hydroxylation sites is 1. The van der Waals surface area contributed by atoms with Crippen molar-refractivity contribution in [3.8, 4) is 5.75 Å². The van der Waals surface area contributed by atoms with E-state index in [-0.39, 0.29) is 12.3 Å². The largest absolute Gasteiger partial charge is 0.496 e. The number of amides is 1. The van der Waals surface area contributed by atoms with Gasteiger partial charge in [-0.3, -0.25) is 4.79 Å². The average Bonchev–Trinajstić information content (AvgIpc) is 3.20. The molecule has 0 aliphatic carbocycles. The second kappa shape index (κ2) is 9.15. The number of methoxy groups -OCH3 is 2. The number of amidine groups is 1. The third-order valence-corrected chi connectivity index (χ3v) is 6.42. The predicted octanol–water partition coefficient (Wildman–Crippen LogP) is 2.69. The van der Waals surface area contributed by atoms with Crippen LogP contribution in [-0.4, -0.2) is 67.4 Å². The van der Waals surface area contributed by atoms with Crippen LogP contribution in [0.15, 0.2) is 51.6 Å². The topological polar surface area (TPSA) is 80.7 Å². The Labute approximate surface area is 185 Å². The monoisotopic (exact) mass is 443 g/mol. The molecule has 9 heteroatoms. The van der Waals surface area contributed by atoms with Crippen molar-refractivity contribution in [3.05, 3.63) is 52.2 Å². The Morgan fingerprint density at radius 3 is 2.68 bits per heavy atom. The quantitative estimate of drug-likeness (QED) is 0.647. The Kier molecular flexibility index (Phi) is 6.33. The molecule has 3 heterocycles. The summed E-state index contributed by atoms with van der Waals surface area (Å²) < 4.78 is 16.1. The number of esters is 1. The first-order chi connectivity index (χ1) is 15.0. The minimum Gasteiger partial charge on any atom is -0.496 e. The van der Waals surface area contributed by atoms with Gasteiger partial charge in [-0.25, -0.2) is 9.79 Å². The molecule has 3 aliphatic rings. The SMILES string of the molecule is COC(=O)C1=C(C)N=C2SC=C(CC(=O)N3CCOCC3)N2[C@H]1c1ccccc1OC. The second-order valence-electron chi connectivity index (χ2n) is 7.30. The molecule has 1 aromatic carbocycles. The van der Waals surface area contributed by atoms with Crippen LogP contribution >= 0.6 is 11.8 Å². The fourth-order valence-corrected chi connectivity index (χ4v) is 4.97. The van der Waals surface area contributed by atoms with Crippen molar-refractivity contribution in [2.45, 2.75) is 19.4 Å². The number of carbonyl (C=O) groups is 2. The molecule has 8 nitrogen and oxygen atoms in total. The molecule has 0 unspecified atom stereocenters. The van der Waals surface area contributed by atoms with Crippen molar-refractivity contribution in [1.82, 2.24) is 9.80 Å². The summed E-state index contributed by atoms with van der Waals surface area (Å²) in [6.45, 7) is 4.07. The van der Waals surface area contributed by atoms with Gasteiger partial charge in [0.15, 0.2) is 5.17 Å². The normalized spacial score (nSPS) is 20.8. The van der Waals surface area contributed by atoms with E-state index in [0.29, 0.717) is 43.3 Å². The number of hydrogen-bond acceptors (Lipinski definition) is 8. The number of allylic oxidation sites excluding steroid dienone is 1. The van der Waals surface area contributed by atoms with Crippen molar-refractivity contribution in [2.75, 3.05) is 40.5 Å². The Balaban J connectivity index is 1.73. The van der Waals surface area contributed by atoms with Crippen molar-refractivity contribution in [2.24, 2.45) is 4.99 Å². The lowest BCUT2D eigenvalue weighted by molar-refractivity contribution is -0.136. The Bertz CT molecular complexity index is 981. The van der Waals surface area contributed by atoms with Crippen molar-refractivity contribution in [1.29, 1.82) is 0 Å². The standard InChI is InChI=1S/C22H25N3O5S/c1-14-19(21(27)29-3)20(16-6-4-5-7-17(16)28-2)25-15(13-31-22(25)23-14)12-18(26)24-8-10-30-11-9-24/h4-7,13,20H,8-12H2,1-3H3/t20-/m0/s1. The van der Waals surface area contributed by atoms with Gasteiger partial charge in [0.2, 0.25) is 5.91 Å². The number of fused-ring (bicyclic) bond motifs is 1. The molecular formula is C22H25N3O5S. The molecule has 1 saturated heterocycles. The van der Waals surface area contributed by atoms with E-state index in [1.54, 1.807) is 14.0 Å². The highest BCUT2D eigenvalue weighted by atomic mass is 32.2. The van der Waals surface area contributed by atoms with Gasteiger partial charge in [-0.15, -0.1) is 0 Å². The fourth-order valence-electron chi connectivity index (χ4n) is 4.01. The summed E-state index contributed by atoms with van der Waals surface area (Å²) in [5, 5.41) is 2.67. The van der Waals surface area contributed by atoms with Crippen molar-refractivity contribution < 1.29 is 23.8 Å². The summed E-state index contributed by atoms with van der Waals surface area (Å²) in [6.07, 6.45) is 0.213. The van der Waals surface area contributed by atoms with Gasteiger partial charge in [0.1, 0.15) is 5.75 Å². The van der Waals surface area contributed by atoms with Crippen LogP contribution in [0.1, 0.15) is 24.9 Å². The highest BCUT2D eigenvalue weighted by Gasteiger charge is 2.42. The van der Waals surface area contributed by atoms with E-state index in [1.165, 1.54) is 18.9 Å². The van der Waals surface area contributed by atoms with Crippen LogP contribution in [0.5, 0.6) is 5.75 Å². The third kappa shape index (κ3) is 4.07. The molecule has 0 radical (unpaired) electrons. The van der Waals surface area contributed by atoms with Crippen LogP contribution in [0.3, 0.4) is 0 Å². The molecule has 164 valence electrons. The number of aliphatic imine (C=N–C) groups is 1. The first kappa shape index (κ1) is 21.5. The molecular weight excluding hydrogens is 418 g/mol. The molecule has 0 N–H and O–H groups in total.